The summed E-state index contributed by atoms with van der Waals surface area (Å²) in [6.45, 7) is 3.73. The summed E-state index contributed by atoms with van der Waals surface area (Å²) in [5.74, 6) is 0. The molecule has 114 valence electrons. The van der Waals surface area contributed by atoms with Gasteiger partial charge < -0.3 is 4.57 Å². The van der Waals surface area contributed by atoms with Crippen LogP contribution in [0.4, 0.5) is 13.2 Å². The van der Waals surface area contributed by atoms with Gasteiger partial charge in [-0.25, -0.2) is 4.98 Å². The van der Waals surface area contributed by atoms with Gasteiger partial charge in [-0.3, -0.25) is 0 Å². The van der Waals surface area contributed by atoms with E-state index in [0.717, 1.165) is 21.8 Å². The predicted octanol–water partition coefficient (Wildman–Crippen LogP) is 5.42. The monoisotopic (exact) mass is 368 g/mol. The van der Waals surface area contributed by atoms with E-state index in [0.29, 0.717) is 16.6 Å². The molecule has 0 saturated heterocycles. The van der Waals surface area contributed by atoms with Gasteiger partial charge in [0.15, 0.2) is 0 Å². The third kappa shape index (κ3) is 2.63. The fourth-order valence-corrected chi connectivity index (χ4v) is 3.08. The molecule has 0 aliphatic heterocycles. The Bertz CT molecular complexity index is 845. The number of hydrogen-bond donors (Lipinski definition) is 0. The number of rotatable bonds is 1. The highest BCUT2D eigenvalue weighted by Crippen LogP contribution is 2.31. The molecule has 0 amide bonds. The highest BCUT2D eigenvalue weighted by atomic mass is 79.9. The molecule has 3 rings (SSSR count). The Kier molecular flexibility index (Phi) is 3.51. The van der Waals surface area contributed by atoms with Gasteiger partial charge in [-0.05, 0) is 55.3 Å². The number of pyridine rings is 1. The van der Waals surface area contributed by atoms with Crippen molar-refractivity contribution in [1.82, 2.24) is 9.55 Å². The zero-order valence-corrected chi connectivity index (χ0v) is 13.5. The summed E-state index contributed by atoms with van der Waals surface area (Å²) in [6, 6.07) is 8.35. The third-order valence-corrected chi connectivity index (χ3v) is 3.88. The first kappa shape index (κ1) is 15.1. The first-order valence-corrected chi connectivity index (χ1v) is 7.38. The number of aryl methyl sites for hydroxylation is 2. The van der Waals surface area contributed by atoms with Crippen molar-refractivity contribution < 1.29 is 13.2 Å². The second-order valence-corrected chi connectivity index (χ2v) is 6.15. The van der Waals surface area contributed by atoms with Crippen LogP contribution in [0.25, 0.3) is 16.7 Å². The molecule has 3 aromatic rings. The highest BCUT2D eigenvalue weighted by Gasteiger charge is 2.32. The van der Waals surface area contributed by atoms with E-state index in [9.17, 15) is 13.2 Å². The largest absolute Gasteiger partial charge is 0.433 e. The van der Waals surface area contributed by atoms with Crippen LogP contribution in [0.5, 0.6) is 0 Å². The van der Waals surface area contributed by atoms with Crippen molar-refractivity contribution in [3.63, 3.8) is 0 Å². The van der Waals surface area contributed by atoms with Gasteiger partial charge in [-0.1, -0.05) is 15.9 Å². The van der Waals surface area contributed by atoms with Crippen LogP contribution in [0, 0.1) is 13.8 Å². The second-order valence-electron chi connectivity index (χ2n) is 5.23. The molecule has 1 aromatic carbocycles. The van der Waals surface area contributed by atoms with E-state index in [1.54, 1.807) is 13.1 Å². The van der Waals surface area contributed by atoms with E-state index in [4.69, 9.17) is 0 Å². The minimum atomic E-state index is -4.44. The lowest BCUT2D eigenvalue weighted by Crippen LogP contribution is -2.07. The van der Waals surface area contributed by atoms with Crippen LogP contribution in [0.1, 0.15) is 16.8 Å². The van der Waals surface area contributed by atoms with E-state index in [2.05, 4.69) is 20.9 Å². The minimum absolute atomic E-state index is 0.368. The van der Waals surface area contributed by atoms with E-state index in [1.165, 1.54) is 6.07 Å². The van der Waals surface area contributed by atoms with Crippen molar-refractivity contribution in [3.8, 4) is 5.69 Å². The Labute approximate surface area is 133 Å². The number of alkyl halides is 3. The molecule has 0 saturated carbocycles. The molecule has 0 bridgehead atoms. The maximum Gasteiger partial charge on any atom is 0.433 e. The molecule has 0 N–H and O–H groups in total. The summed E-state index contributed by atoms with van der Waals surface area (Å²) >= 11 is 3.44. The molecule has 0 atom stereocenters. The van der Waals surface area contributed by atoms with E-state index >= 15 is 0 Å². The fourth-order valence-electron chi connectivity index (χ4n) is 2.49. The van der Waals surface area contributed by atoms with Gasteiger partial charge in [-0.2, -0.15) is 13.2 Å². The quantitative estimate of drug-likeness (QED) is 0.560. The average Bonchev–Trinajstić information content (AvgIpc) is 2.74. The maximum absolute atomic E-state index is 12.8. The number of benzene rings is 1. The van der Waals surface area contributed by atoms with Crippen LogP contribution in [-0.4, -0.2) is 9.55 Å². The molecular formula is C16H12BrF3N2. The van der Waals surface area contributed by atoms with Gasteiger partial charge in [0.05, 0.1) is 11.0 Å². The SMILES string of the molecule is Cc1cc(Br)cc(-n2cc(C)c3nc(C(F)(F)F)ccc32)c1. The summed E-state index contributed by atoms with van der Waals surface area (Å²) in [5.41, 5.74) is 2.80. The summed E-state index contributed by atoms with van der Waals surface area (Å²) in [7, 11) is 0. The zero-order valence-electron chi connectivity index (χ0n) is 11.9. The maximum atomic E-state index is 12.8. The summed E-state index contributed by atoms with van der Waals surface area (Å²) < 4.78 is 41.2. The lowest BCUT2D eigenvalue weighted by molar-refractivity contribution is -0.140. The summed E-state index contributed by atoms with van der Waals surface area (Å²) in [5, 5.41) is 0. The number of halogens is 4. The van der Waals surface area contributed by atoms with Gasteiger partial charge in [0.25, 0.3) is 0 Å². The first-order valence-electron chi connectivity index (χ1n) is 6.59. The van der Waals surface area contributed by atoms with Crippen molar-refractivity contribution >= 4 is 27.0 Å². The summed E-state index contributed by atoms with van der Waals surface area (Å²) in [4.78, 5) is 3.78. The lowest BCUT2D eigenvalue weighted by atomic mass is 10.2. The van der Waals surface area contributed by atoms with Gasteiger partial charge in [0, 0.05) is 16.4 Å². The standard InChI is InChI=1S/C16H12BrF3N2/c1-9-5-11(17)7-12(6-9)22-8-10(2)15-13(22)3-4-14(21-15)16(18,19)20/h3-8H,1-2H3. The van der Waals surface area contributed by atoms with Crippen LogP contribution in [0.15, 0.2) is 41.0 Å². The molecule has 0 unspecified atom stereocenters. The van der Waals surface area contributed by atoms with E-state index in [1.807, 2.05) is 29.7 Å². The highest BCUT2D eigenvalue weighted by molar-refractivity contribution is 9.10. The van der Waals surface area contributed by atoms with Crippen LogP contribution in [-0.2, 0) is 6.18 Å². The minimum Gasteiger partial charge on any atom is -0.315 e. The number of aromatic nitrogens is 2. The Morgan fingerprint density at radius 2 is 1.82 bits per heavy atom. The summed E-state index contributed by atoms with van der Waals surface area (Å²) in [6.07, 6.45) is -2.63. The van der Waals surface area contributed by atoms with Crippen LogP contribution >= 0.6 is 15.9 Å². The van der Waals surface area contributed by atoms with E-state index < -0.39 is 11.9 Å². The van der Waals surface area contributed by atoms with Crippen molar-refractivity contribution in [1.29, 1.82) is 0 Å². The molecule has 0 aliphatic rings. The molecule has 0 fully saturated rings. The van der Waals surface area contributed by atoms with Crippen molar-refractivity contribution in [2.24, 2.45) is 0 Å². The smallest absolute Gasteiger partial charge is 0.315 e. The fraction of sp³-hybridized carbons (Fsp3) is 0.188. The average molecular weight is 369 g/mol. The van der Waals surface area contributed by atoms with Crippen LogP contribution < -0.4 is 0 Å². The molecular weight excluding hydrogens is 357 g/mol. The topological polar surface area (TPSA) is 17.8 Å². The number of nitrogens with zero attached hydrogens (tertiary/aromatic N) is 2. The molecule has 2 aromatic heterocycles. The third-order valence-electron chi connectivity index (χ3n) is 3.43. The second kappa shape index (κ2) is 5.12. The first-order chi connectivity index (χ1) is 10.3. The normalized spacial score (nSPS) is 12.1. The number of hydrogen-bond acceptors (Lipinski definition) is 1. The van der Waals surface area contributed by atoms with Crippen LogP contribution in [0.2, 0.25) is 0 Å². The Hall–Kier alpha value is -1.82. The number of fused-ring (bicyclic) bond motifs is 1. The molecule has 2 nitrogen and oxygen atoms in total. The van der Waals surface area contributed by atoms with Crippen molar-refractivity contribution in [2.45, 2.75) is 20.0 Å². The predicted molar refractivity (Wildman–Crippen MR) is 83.2 cm³/mol. The Balaban J connectivity index is 2.24. The molecule has 22 heavy (non-hydrogen) atoms. The Morgan fingerprint density at radius 3 is 2.45 bits per heavy atom. The van der Waals surface area contributed by atoms with E-state index in [-0.39, 0.29) is 0 Å². The molecule has 2 heterocycles. The van der Waals surface area contributed by atoms with Gasteiger partial charge >= 0.3 is 6.18 Å². The van der Waals surface area contributed by atoms with Gasteiger partial charge in [-0.15, -0.1) is 0 Å². The van der Waals surface area contributed by atoms with Crippen molar-refractivity contribution in [2.75, 3.05) is 0 Å². The molecule has 0 radical (unpaired) electrons. The van der Waals surface area contributed by atoms with Crippen LogP contribution in [0.3, 0.4) is 0 Å². The Morgan fingerprint density at radius 1 is 1.09 bits per heavy atom. The van der Waals surface area contributed by atoms with Gasteiger partial charge in [0.1, 0.15) is 5.69 Å². The lowest BCUT2D eigenvalue weighted by Gasteiger charge is -2.09. The zero-order chi connectivity index (χ0) is 16.1. The molecule has 0 aliphatic carbocycles. The molecule has 0 spiro atoms. The molecule has 6 heteroatoms. The van der Waals surface area contributed by atoms with Crippen molar-refractivity contribution in [3.05, 3.63) is 57.8 Å². The van der Waals surface area contributed by atoms with Gasteiger partial charge in [0.2, 0.25) is 0 Å².